The first kappa shape index (κ1) is 13.4. The predicted molar refractivity (Wildman–Crippen MR) is 85.3 cm³/mol. The van der Waals surface area contributed by atoms with E-state index in [4.69, 9.17) is 5.26 Å². The molecule has 0 radical (unpaired) electrons. The van der Waals surface area contributed by atoms with Crippen LogP contribution in [-0.4, -0.2) is 0 Å². The summed E-state index contributed by atoms with van der Waals surface area (Å²) in [5, 5.41) is 12.2. The molecule has 0 aliphatic carbocycles. The molecule has 1 N–H and O–H groups in total. The second-order valence-corrected chi connectivity index (χ2v) is 5.81. The highest BCUT2D eigenvalue weighted by atomic mass is 127. The van der Waals surface area contributed by atoms with Crippen LogP contribution in [0, 0.1) is 14.9 Å². The fourth-order valence-corrected chi connectivity index (χ4v) is 2.28. The largest absolute Gasteiger partial charge is 0.381 e. The molecular weight excluding hydrogens is 403 g/mol. The average Bonchev–Trinajstić information content (AvgIpc) is 2.40. The molecule has 90 valence electrons. The van der Waals surface area contributed by atoms with Crippen molar-refractivity contribution in [3.63, 3.8) is 0 Å². The third kappa shape index (κ3) is 3.47. The van der Waals surface area contributed by atoms with Gasteiger partial charge in [0.15, 0.2) is 0 Å². The molecule has 2 aromatic carbocycles. The van der Waals surface area contributed by atoms with Crippen LogP contribution in [0.1, 0.15) is 11.1 Å². The van der Waals surface area contributed by atoms with Gasteiger partial charge in [-0.2, -0.15) is 5.26 Å². The maximum absolute atomic E-state index is 8.84. The molecule has 0 unspecified atom stereocenters. The van der Waals surface area contributed by atoms with Crippen LogP contribution in [0.25, 0.3) is 0 Å². The molecule has 0 aliphatic rings. The van der Waals surface area contributed by atoms with Crippen LogP contribution in [0.3, 0.4) is 0 Å². The van der Waals surface area contributed by atoms with Gasteiger partial charge < -0.3 is 5.32 Å². The molecule has 0 saturated heterocycles. The summed E-state index contributed by atoms with van der Waals surface area (Å²) in [6.45, 7) is 0.711. The lowest BCUT2D eigenvalue weighted by molar-refractivity contribution is 1.14. The average molecular weight is 413 g/mol. The Bertz CT molecular complexity index is 605. The normalized spacial score (nSPS) is 9.83. The minimum absolute atomic E-state index is 0.693. The molecule has 0 heterocycles. The Balaban J connectivity index is 2.07. The number of rotatable bonds is 3. The molecule has 0 atom stereocenters. The van der Waals surface area contributed by atoms with E-state index in [1.807, 2.05) is 30.3 Å². The van der Waals surface area contributed by atoms with Gasteiger partial charge in [-0.3, -0.25) is 0 Å². The molecule has 0 amide bonds. The van der Waals surface area contributed by atoms with Gasteiger partial charge in [-0.05, 0) is 74.4 Å². The van der Waals surface area contributed by atoms with Crippen molar-refractivity contribution in [3.05, 3.63) is 61.6 Å². The van der Waals surface area contributed by atoms with Gasteiger partial charge in [0, 0.05) is 20.3 Å². The van der Waals surface area contributed by atoms with Crippen LogP contribution in [-0.2, 0) is 6.54 Å². The van der Waals surface area contributed by atoms with Crippen molar-refractivity contribution in [2.24, 2.45) is 0 Å². The molecule has 0 fully saturated rings. The Kier molecular flexibility index (Phi) is 4.61. The van der Waals surface area contributed by atoms with Crippen molar-refractivity contribution in [1.82, 2.24) is 0 Å². The third-order valence-corrected chi connectivity index (χ3v) is 4.81. The predicted octanol–water partition coefficient (Wildman–Crippen LogP) is 4.54. The first-order valence-electron chi connectivity index (χ1n) is 5.37. The number of nitrogens with one attached hydrogen (secondary N) is 1. The maximum atomic E-state index is 8.84. The Morgan fingerprint density at radius 3 is 2.78 bits per heavy atom. The number of hydrogen-bond donors (Lipinski definition) is 1. The van der Waals surface area contributed by atoms with E-state index in [9.17, 15) is 0 Å². The molecule has 0 saturated carbocycles. The Hall–Kier alpha value is -1.06. The fraction of sp³-hybridized carbons (Fsp3) is 0.0714. The summed E-state index contributed by atoms with van der Waals surface area (Å²) in [6, 6.07) is 15.9. The van der Waals surface area contributed by atoms with E-state index in [0.717, 1.165) is 15.7 Å². The van der Waals surface area contributed by atoms with Gasteiger partial charge in [0.05, 0.1) is 11.6 Å². The monoisotopic (exact) mass is 412 g/mol. The van der Waals surface area contributed by atoms with Crippen LogP contribution in [0.4, 0.5) is 5.69 Å². The quantitative estimate of drug-likeness (QED) is 0.751. The van der Waals surface area contributed by atoms with Gasteiger partial charge in [0.25, 0.3) is 0 Å². The molecule has 0 spiro atoms. The number of hydrogen-bond acceptors (Lipinski definition) is 2. The van der Waals surface area contributed by atoms with Crippen LogP contribution in [0.5, 0.6) is 0 Å². The van der Waals surface area contributed by atoms with E-state index in [0.29, 0.717) is 12.1 Å². The number of nitriles is 1. The lowest BCUT2D eigenvalue weighted by Gasteiger charge is -2.08. The van der Waals surface area contributed by atoms with Crippen molar-refractivity contribution in [2.45, 2.75) is 6.54 Å². The number of halogens is 2. The van der Waals surface area contributed by atoms with Crippen LogP contribution < -0.4 is 5.32 Å². The van der Waals surface area contributed by atoms with Crippen molar-refractivity contribution < 1.29 is 0 Å². The molecule has 2 aromatic rings. The summed E-state index contributed by atoms with van der Waals surface area (Å²) in [7, 11) is 0. The molecule has 18 heavy (non-hydrogen) atoms. The summed E-state index contributed by atoms with van der Waals surface area (Å²) in [5.41, 5.74) is 2.85. The lowest BCUT2D eigenvalue weighted by atomic mass is 10.1. The SMILES string of the molecule is N#Cc1cccc(CNc2ccc(I)c(Br)c2)c1. The number of benzene rings is 2. The fourth-order valence-electron chi connectivity index (χ4n) is 1.56. The molecule has 2 rings (SSSR count). The summed E-state index contributed by atoms with van der Waals surface area (Å²) in [6.07, 6.45) is 0. The summed E-state index contributed by atoms with van der Waals surface area (Å²) >= 11 is 5.78. The highest BCUT2D eigenvalue weighted by Gasteiger charge is 1.99. The Labute approximate surface area is 128 Å². The topological polar surface area (TPSA) is 35.8 Å². The van der Waals surface area contributed by atoms with Gasteiger partial charge in [-0.1, -0.05) is 12.1 Å². The highest BCUT2D eigenvalue weighted by molar-refractivity contribution is 14.1. The van der Waals surface area contributed by atoms with E-state index < -0.39 is 0 Å². The van der Waals surface area contributed by atoms with Crippen molar-refractivity contribution >= 4 is 44.2 Å². The molecule has 0 bridgehead atoms. The zero-order chi connectivity index (χ0) is 13.0. The molecular formula is C14H10BrIN2. The number of anilines is 1. The van der Waals surface area contributed by atoms with Crippen molar-refractivity contribution in [2.75, 3.05) is 5.32 Å². The van der Waals surface area contributed by atoms with Gasteiger partial charge in [0.2, 0.25) is 0 Å². The summed E-state index contributed by atoms with van der Waals surface area (Å²) in [4.78, 5) is 0. The van der Waals surface area contributed by atoms with E-state index in [1.165, 1.54) is 3.57 Å². The van der Waals surface area contributed by atoms with Gasteiger partial charge in [-0.25, -0.2) is 0 Å². The van der Waals surface area contributed by atoms with E-state index in [-0.39, 0.29) is 0 Å². The van der Waals surface area contributed by atoms with Crippen LogP contribution >= 0.6 is 38.5 Å². The first-order chi connectivity index (χ1) is 8.69. The summed E-state index contributed by atoms with van der Waals surface area (Å²) in [5.74, 6) is 0. The standard InChI is InChI=1S/C14H10BrIN2/c15-13-7-12(4-5-14(13)16)18-9-11-3-1-2-10(6-11)8-17/h1-7,18H,9H2. The Morgan fingerprint density at radius 2 is 2.06 bits per heavy atom. The third-order valence-electron chi connectivity index (χ3n) is 2.47. The highest BCUT2D eigenvalue weighted by Crippen LogP contribution is 2.23. The molecule has 2 nitrogen and oxygen atoms in total. The van der Waals surface area contributed by atoms with Gasteiger partial charge in [0.1, 0.15) is 0 Å². The van der Waals surface area contributed by atoms with Crippen molar-refractivity contribution in [1.29, 1.82) is 5.26 Å². The van der Waals surface area contributed by atoms with E-state index in [1.54, 1.807) is 0 Å². The minimum atomic E-state index is 0.693. The molecule has 0 aliphatic heterocycles. The van der Waals surface area contributed by atoms with Crippen LogP contribution in [0.15, 0.2) is 46.9 Å². The lowest BCUT2D eigenvalue weighted by Crippen LogP contribution is -1.99. The second kappa shape index (κ2) is 6.21. The summed E-state index contributed by atoms with van der Waals surface area (Å²) < 4.78 is 2.27. The molecule has 0 aromatic heterocycles. The maximum Gasteiger partial charge on any atom is 0.0991 e. The zero-order valence-electron chi connectivity index (χ0n) is 9.45. The molecule has 4 heteroatoms. The first-order valence-corrected chi connectivity index (χ1v) is 7.24. The van der Waals surface area contributed by atoms with Gasteiger partial charge >= 0.3 is 0 Å². The smallest absolute Gasteiger partial charge is 0.0991 e. The number of nitrogens with zero attached hydrogens (tertiary/aromatic N) is 1. The van der Waals surface area contributed by atoms with Gasteiger partial charge in [-0.15, -0.1) is 0 Å². The second-order valence-electron chi connectivity index (χ2n) is 3.79. The van der Waals surface area contributed by atoms with Crippen molar-refractivity contribution in [3.8, 4) is 6.07 Å². The minimum Gasteiger partial charge on any atom is -0.381 e. The van der Waals surface area contributed by atoms with Crippen LogP contribution in [0.2, 0.25) is 0 Å². The Morgan fingerprint density at radius 1 is 1.22 bits per heavy atom. The van der Waals surface area contributed by atoms with E-state index in [2.05, 4.69) is 62.0 Å². The zero-order valence-corrected chi connectivity index (χ0v) is 13.2. The van der Waals surface area contributed by atoms with E-state index >= 15 is 0 Å².